The first-order valence-corrected chi connectivity index (χ1v) is 9.82. The topological polar surface area (TPSA) is 55.4 Å². The van der Waals surface area contributed by atoms with Gasteiger partial charge in [0.05, 0.1) is 12.7 Å². The first-order valence-electron chi connectivity index (χ1n) is 9.00. The summed E-state index contributed by atoms with van der Waals surface area (Å²) in [5, 5.41) is 3.34. The van der Waals surface area contributed by atoms with Gasteiger partial charge in [-0.1, -0.05) is 20.8 Å². The second-order valence-corrected chi connectivity index (χ2v) is 9.07. The van der Waals surface area contributed by atoms with Gasteiger partial charge in [0, 0.05) is 10.4 Å². The molecule has 0 saturated carbocycles. The number of ether oxygens (including phenoxy) is 1. The van der Waals surface area contributed by atoms with E-state index in [1.165, 1.54) is 42.7 Å². The van der Waals surface area contributed by atoms with Crippen molar-refractivity contribution in [3.8, 4) is 0 Å². The Morgan fingerprint density at radius 3 is 2.48 bits per heavy atom. The summed E-state index contributed by atoms with van der Waals surface area (Å²) in [5.41, 5.74) is 1.97. The highest BCUT2D eigenvalue weighted by Gasteiger charge is 2.34. The molecule has 0 spiro atoms. The highest BCUT2D eigenvalue weighted by atomic mass is 32.1. The predicted molar refractivity (Wildman–Crippen MR) is 105 cm³/mol. The molecule has 2 aromatic rings. The molecule has 0 radical (unpaired) electrons. The minimum absolute atomic E-state index is 0.185. The molecule has 0 aliphatic heterocycles. The van der Waals surface area contributed by atoms with Crippen molar-refractivity contribution < 1.29 is 18.7 Å². The molecule has 0 unspecified atom stereocenters. The quantitative estimate of drug-likeness (QED) is 0.745. The molecule has 1 aromatic carbocycles. The van der Waals surface area contributed by atoms with Crippen LogP contribution in [-0.2, 0) is 17.6 Å². The van der Waals surface area contributed by atoms with Crippen molar-refractivity contribution in [3.63, 3.8) is 0 Å². The Kier molecular flexibility index (Phi) is 5.38. The van der Waals surface area contributed by atoms with E-state index in [4.69, 9.17) is 4.74 Å². The molecule has 1 aliphatic rings. The molecule has 144 valence electrons. The van der Waals surface area contributed by atoms with Crippen LogP contribution in [0.15, 0.2) is 24.3 Å². The molecule has 1 aliphatic carbocycles. The fourth-order valence-electron chi connectivity index (χ4n) is 3.51. The number of hydrogen-bond donors (Lipinski definition) is 1. The molecular formula is C21H24FNO3S. The lowest BCUT2D eigenvalue weighted by atomic mass is 9.72. The van der Waals surface area contributed by atoms with Crippen LogP contribution in [0.1, 0.15) is 58.3 Å². The van der Waals surface area contributed by atoms with E-state index in [9.17, 15) is 14.0 Å². The number of benzene rings is 1. The average Bonchev–Trinajstić information content (AvgIpc) is 2.97. The average molecular weight is 389 g/mol. The Morgan fingerprint density at radius 1 is 1.22 bits per heavy atom. The van der Waals surface area contributed by atoms with E-state index in [0.29, 0.717) is 22.0 Å². The maximum absolute atomic E-state index is 13.1. The number of nitrogens with one attached hydrogen (secondary N) is 1. The number of anilines is 1. The van der Waals surface area contributed by atoms with Gasteiger partial charge in [-0.3, -0.25) is 4.79 Å². The minimum atomic E-state index is -0.434. The number of amides is 1. The Hall–Kier alpha value is -2.21. The monoisotopic (exact) mass is 389 g/mol. The van der Waals surface area contributed by atoms with Crippen LogP contribution in [0.5, 0.6) is 0 Å². The summed E-state index contributed by atoms with van der Waals surface area (Å²) in [6, 6.07) is 5.32. The first-order chi connectivity index (χ1) is 12.7. The van der Waals surface area contributed by atoms with Crippen LogP contribution in [-0.4, -0.2) is 19.0 Å². The highest BCUT2D eigenvalue weighted by Crippen LogP contribution is 2.44. The summed E-state index contributed by atoms with van der Waals surface area (Å²) in [6.45, 7) is 6.69. The highest BCUT2D eigenvalue weighted by molar-refractivity contribution is 7.17. The van der Waals surface area contributed by atoms with Gasteiger partial charge in [0.25, 0.3) is 5.91 Å². The Bertz CT molecular complexity index is 865. The van der Waals surface area contributed by atoms with Gasteiger partial charge in [0.2, 0.25) is 0 Å². The summed E-state index contributed by atoms with van der Waals surface area (Å²) in [6.07, 6.45) is 2.69. The zero-order valence-electron chi connectivity index (χ0n) is 16.0. The van der Waals surface area contributed by atoms with Crippen molar-refractivity contribution in [3.05, 3.63) is 51.7 Å². The van der Waals surface area contributed by atoms with Crippen LogP contribution in [0.25, 0.3) is 0 Å². The zero-order valence-corrected chi connectivity index (χ0v) is 16.8. The van der Waals surface area contributed by atoms with Crippen molar-refractivity contribution in [1.82, 2.24) is 0 Å². The summed E-state index contributed by atoms with van der Waals surface area (Å²) < 4.78 is 18.1. The van der Waals surface area contributed by atoms with E-state index in [2.05, 4.69) is 26.1 Å². The molecule has 1 amide bonds. The standard InChI is InChI=1S/C21H24FNO3S/c1-21(2,3)13-7-10-15-16(11-13)27-19(17(15)20(25)26-4)23-18(24)12-5-8-14(22)9-6-12/h5-6,8-9,13H,7,10-11H2,1-4H3,(H,23,24)/t13-/m0/s1. The molecule has 1 atom stereocenters. The fourth-order valence-corrected chi connectivity index (χ4v) is 4.82. The molecule has 1 heterocycles. The number of carbonyl (C=O) groups excluding carboxylic acids is 2. The Morgan fingerprint density at radius 2 is 1.89 bits per heavy atom. The second kappa shape index (κ2) is 7.43. The number of methoxy groups -OCH3 is 1. The van der Waals surface area contributed by atoms with Gasteiger partial charge in [-0.2, -0.15) is 0 Å². The van der Waals surface area contributed by atoms with Crippen LogP contribution in [0.3, 0.4) is 0 Å². The van der Waals surface area contributed by atoms with Gasteiger partial charge in [-0.15, -0.1) is 11.3 Å². The number of hydrogen-bond acceptors (Lipinski definition) is 4. The number of esters is 1. The number of halogens is 1. The normalized spacial score (nSPS) is 16.6. The largest absolute Gasteiger partial charge is 0.465 e. The predicted octanol–water partition coefficient (Wildman–Crippen LogP) is 5.08. The number of fused-ring (bicyclic) bond motifs is 1. The molecular weight excluding hydrogens is 365 g/mol. The molecule has 1 N–H and O–H groups in total. The third-order valence-electron chi connectivity index (χ3n) is 5.21. The van der Waals surface area contributed by atoms with Gasteiger partial charge >= 0.3 is 5.97 Å². The van der Waals surface area contributed by atoms with Gasteiger partial charge < -0.3 is 10.1 Å². The smallest absolute Gasteiger partial charge is 0.341 e. The summed E-state index contributed by atoms with van der Waals surface area (Å²) >= 11 is 1.44. The van der Waals surface area contributed by atoms with E-state index < -0.39 is 11.8 Å². The van der Waals surface area contributed by atoms with Crippen LogP contribution >= 0.6 is 11.3 Å². The maximum Gasteiger partial charge on any atom is 0.341 e. The van der Waals surface area contributed by atoms with Crippen LogP contribution < -0.4 is 5.32 Å². The molecule has 1 aromatic heterocycles. The lowest BCUT2D eigenvalue weighted by Gasteiger charge is -2.33. The SMILES string of the molecule is COC(=O)c1c(NC(=O)c2ccc(F)cc2)sc2c1CC[C@H](C(C)(C)C)C2. The lowest BCUT2D eigenvalue weighted by Crippen LogP contribution is -2.26. The van der Waals surface area contributed by atoms with E-state index in [-0.39, 0.29) is 11.3 Å². The van der Waals surface area contributed by atoms with E-state index >= 15 is 0 Å². The first kappa shape index (κ1) is 19.5. The molecule has 0 saturated heterocycles. The molecule has 3 rings (SSSR count). The summed E-state index contributed by atoms with van der Waals surface area (Å²) in [7, 11) is 1.35. The Labute approximate surface area is 162 Å². The van der Waals surface area contributed by atoms with Gasteiger partial charge in [-0.05, 0) is 60.4 Å². The van der Waals surface area contributed by atoms with Gasteiger partial charge in [-0.25, -0.2) is 9.18 Å². The van der Waals surface area contributed by atoms with Crippen molar-refractivity contribution >= 4 is 28.2 Å². The van der Waals surface area contributed by atoms with Crippen molar-refractivity contribution in [2.75, 3.05) is 12.4 Å². The van der Waals surface area contributed by atoms with E-state index in [1.54, 1.807) is 0 Å². The molecule has 0 bridgehead atoms. The van der Waals surface area contributed by atoms with E-state index in [1.807, 2.05) is 0 Å². The lowest BCUT2D eigenvalue weighted by molar-refractivity contribution is 0.0600. The molecule has 6 heteroatoms. The fraction of sp³-hybridized carbons (Fsp3) is 0.429. The van der Waals surface area contributed by atoms with Crippen LogP contribution in [0, 0.1) is 17.2 Å². The molecule has 4 nitrogen and oxygen atoms in total. The van der Waals surface area contributed by atoms with E-state index in [0.717, 1.165) is 29.7 Å². The van der Waals surface area contributed by atoms with Crippen molar-refractivity contribution in [1.29, 1.82) is 0 Å². The van der Waals surface area contributed by atoms with Crippen molar-refractivity contribution in [2.45, 2.75) is 40.0 Å². The van der Waals surface area contributed by atoms with Crippen molar-refractivity contribution in [2.24, 2.45) is 11.3 Å². The zero-order chi connectivity index (χ0) is 19.8. The Balaban J connectivity index is 1.93. The van der Waals surface area contributed by atoms with Gasteiger partial charge in [0.15, 0.2) is 0 Å². The van der Waals surface area contributed by atoms with Gasteiger partial charge in [0.1, 0.15) is 10.8 Å². The summed E-state index contributed by atoms with van der Waals surface area (Å²) in [5.74, 6) is -0.682. The third-order valence-corrected chi connectivity index (χ3v) is 6.38. The maximum atomic E-state index is 13.1. The van der Waals surface area contributed by atoms with Crippen LogP contribution in [0.2, 0.25) is 0 Å². The summed E-state index contributed by atoms with van der Waals surface area (Å²) in [4.78, 5) is 26.1. The van der Waals surface area contributed by atoms with Crippen LogP contribution in [0.4, 0.5) is 9.39 Å². The number of carbonyl (C=O) groups is 2. The third kappa shape index (κ3) is 4.05. The minimum Gasteiger partial charge on any atom is -0.465 e. The number of thiophene rings is 1. The molecule has 27 heavy (non-hydrogen) atoms. The number of rotatable bonds is 3. The molecule has 0 fully saturated rings. The second-order valence-electron chi connectivity index (χ2n) is 7.97.